The number of hydrogen-bond acceptors (Lipinski definition) is 9. The van der Waals surface area contributed by atoms with E-state index in [1.165, 1.54) is 29.1 Å². The maximum absolute atomic E-state index is 12.0. The van der Waals surface area contributed by atoms with Crippen LogP contribution in [0.25, 0.3) is 20.9 Å². The number of carboxylic acid groups (broad SMARTS) is 1. The van der Waals surface area contributed by atoms with Crippen LogP contribution in [0.3, 0.4) is 0 Å². The summed E-state index contributed by atoms with van der Waals surface area (Å²) in [4.78, 5) is 32.5. The first-order chi connectivity index (χ1) is 20.0. The number of benzene rings is 2. The first-order valence-electron chi connectivity index (χ1n) is 13.5. The van der Waals surface area contributed by atoms with Crippen LogP contribution in [0.15, 0.2) is 73.1 Å². The summed E-state index contributed by atoms with van der Waals surface area (Å²) in [7, 11) is 0. The van der Waals surface area contributed by atoms with Gasteiger partial charge in [-0.05, 0) is 36.8 Å². The van der Waals surface area contributed by atoms with Crippen LogP contribution in [0.1, 0.15) is 45.3 Å². The second kappa shape index (κ2) is 16.1. The van der Waals surface area contributed by atoms with Gasteiger partial charge in [-0.15, -0.1) is 22.7 Å². The second-order valence-corrected chi connectivity index (χ2v) is 11.4. The number of nitrogens with zero attached hydrogens (tertiary/aromatic N) is 2. The third kappa shape index (κ3) is 9.55. The lowest BCUT2D eigenvalue weighted by Gasteiger charge is -2.09. The topological polar surface area (TPSA) is 137 Å². The highest BCUT2D eigenvalue weighted by Crippen LogP contribution is 2.26. The lowest BCUT2D eigenvalue weighted by Crippen LogP contribution is -2.31. The van der Waals surface area contributed by atoms with Gasteiger partial charge in [-0.25, -0.2) is 14.8 Å². The fraction of sp³-hybridized carbons (Fsp3) is 0.333. The lowest BCUT2D eigenvalue weighted by molar-refractivity contribution is 0.0696. The van der Waals surface area contributed by atoms with E-state index in [1.807, 2.05) is 60.7 Å². The molecule has 2 aromatic heterocycles. The molecule has 2 fully saturated rings. The molecule has 6 rings (SSSR count). The van der Waals surface area contributed by atoms with Crippen molar-refractivity contribution in [1.29, 1.82) is 0 Å². The first kappa shape index (κ1) is 30.5. The molecule has 9 nitrogen and oxygen atoms in total. The minimum Gasteiger partial charge on any atom is -0.476 e. The monoisotopic (exact) mass is 594 g/mol. The lowest BCUT2D eigenvalue weighted by atomic mass is 10.2. The molecule has 2 unspecified atom stereocenters. The van der Waals surface area contributed by atoms with E-state index >= 15 is 0 Å². The Labute approximate surface area is 247 Å². The average molecular weight is 595 g/mol. The number of thiazole rings is 2. The number of rotatable bonds is 7. The SMILES string of the molecule is NCC1CCCO1.O=C(NCC1CCCO1)c1ncc(-c2ccccc2)s1.O=C(O)c1ncc(-c2ccccc2)s1. The molecule has 1 amide bonds. The number of carbonyl (C=O) groups excluding carboxylic acids is 1. The Kier molecular flexibility index (Phi) is 12.0. The molecule has 41 heavy (non-hydrogen) atoms. The summed E-state index contributed by atoms with van der Waals surface area (Å²) in [6.45, 7) is 2.98. The molecule has 0 saturated carbocycles. The summed E-state index contributed by atoms with van der Waals surface area (Å²) >= 11 is 2.60. The largest absolute Gasteiger partial charge is 0.476 e. The number of carboxylic acids is 1. The Morgan fingerprint density at radius 3 is 1.78 bits per heavy atom. The molecule has 11 heteroatoms. The molecule has 216 valence electrons. The predicted octanol–water partition coefficient (Wildman–Crippen LogP) is 5.35. The van der Waals surface area contributed by atoms with Crippen molar-refractivity contribution >= 4 is 34.6 Å². The Bertz CT molecular complexity index is 1350. The highest BCUT2D eigenvalue weighted by Gasteiger charge is 2.18. The number of ether oxygens (including phenoxy) is 2. The summed E-state index contributed by atoms with van der Waals surface area (Å²) in [5, 5.41) is 12.2. The van der Waals surface area contributed by atoms with Crippen LogP contribution < -0.4 is 11.1 Å². The zero-order chi connectivity index (χ0) is 28.9. The van der Waals surface area contributed by atoms with Gasteiger partial charge >= 0.3 is 5.97 Å². The van der Waals surface area contributed by atoms with Gasteiger partial charge in [0.1, 0.15) is 0 Å². The number of amides is 1. The Morgan fingerprint density at radius 2 is 1.34 bits per heavy atom. The molecular formula is C30H34N4O5S2. The van der Waals surface area contributed by atoms with Crippen LogP contribution in [0, 0.1) is 0 Å². The van der Waals surface area contributed by atoms with Crippen molar-refractivity contribution in [3.05, 3.63) is 83.1 Å². The maximum atomic E-state index is 12.0. The van der Waals surface area contributed by atoms with E-state index in [0.29, 0.717) is 24.2 Å². The standard InChI is InChI=1S/C15H16N2O2S.C10H7NO2S.C5H11NO/c18-14(16-9-12-7-4-8-19-12)15-17-10-13(20-15)11-5-2-1-3-6-11;12-10(13)9-11-6-8(14-9)7-4-2-1-3-5-7;6-4-5-2-1-3-7-5/h1-3,5-6,10,12H,4,7-9H2,(H,16,18);1-6H,(H,12,13);5H,1-4,6H2. The normalized spacial score (nSPS) is 17.6. The molecule has 0 bridgehead atoms. The van der Waals surface area contributed by atoms with Crippen LogP contribution in [0.2, 0.25) is 0 Å². The predicted molar refractivity (Wildman–Crippen MR) is 161 cm³/mol. The van der Waals surface area contributed by atoms with Crippen LogP contribution in [0.4, 0.5) is 0 Å². The summed E-state index contributed by atoms with van der Waals surface area (Å²) in [6, 6.07) is 19.6. The number of hydrogen-bond donors (Lipinski definition) is 3. The van der Waals surface area contributed by atoms with E-state index in [9.17, 15) is 9.59 Å². The van der Waals surface area contributed by atoms with Crippen molar-refractivity contribution in [2.24, 2.45) is 5.73 Å². The van der Waals surface area contributed by atoms with Crippen LogP contribution in [-0.2, 0) is 9.47 Å². The van der Waals surface area contributed by atoms with Crippen LogP contribution in [-0.4, -0.2) is 65.5 Å². The van der Waals surface area contributed by atoms with E-state index < -0.39 is 5.97 Å². The molecule has 0 radical (unpaired) electrons. The fourth-order valence-electron chi connectivity index (χ4n) is 4.14. The summed E-state index contributed by atoms with van der Waals surface area (Å²) in [5.74, 6) is -1.09. The first-order valence-corrected chi connectivity index (χ1v) is 15.1. The van der Waals surface area contributed by atoms with E-state index in [4.69, 9.17) is 20.3 Å². The van der Waals surface area contributed by atoms with Gasteiger partial charge in [0.25, 0.3) is 5.91 Å². The van der Waals surface area contributed by atoms with Crippen LogP contribution in [0.5, 0.6) is 0 Å². The van der Waals surface area contributed by atoms with Crippen molar-refractivity contribution in [2.75, 3.05) is 26.3 Å². The van der Waals surface area contributed by atoms with E-state index in [-0.39, 0.29) is 17.0 Å². The molecular weight excluding hydrogens is 560 g/mol. The quantitative estimate of drug-likeness (QED) is 0.260. The zero-order valence-corrected chi connectivity index (χ0v) is 24.2. The Hall–Kier alpha value is -3.48. The maximum Gasteiger partial charge on any atom is 0.365 e. The molecule has 4 N–H and O–H groups in total. The summed E-state index contributed by atoms with van der Waals surface area (Å²) in [6.07, 6.45) is 8.33. The van der Waals surface area contributed by atoms with Gasteiger partial charge in [0.05, 0.1) is 22.0 Å². The number of nitrogens with two attached hydrogens (primary N) is 1. The van der Waals surface area contributed by atoms with Crippen molar-refractivity contribution in [1.82, 2.24) is 15.3 Å². The fourth-order valence-corrected chi connectivity index (χ4v) is 5.74. The number of aromatic carboxylic acids is 1. The molecule has 2 aliphatic heterocycles. The molecule has 4 heterocycles. The van der Waals surface area contributed by atoms with Gasteiger partial charge < -0.3 is 25.6 Å². The number of aromatic nitrogens is 2. The van der Waals surface area contributed by atoms with E-state index in [2.05, 4.69) is 15.3 Å². The number of carbonyl (C=O) groups is 2. The highest BCUT2D eigenvalue weighted by atomic mass is 32.1. The van der Waals surface area contributed by atoms with Gasteiger partial charge in [-0.2, -0.15) is 0 Å². The van der Waals surface area contributed by atoms with Crippen molar-refractivity contribution in [3.8, 4) is 20.9 Å². The second-order valence-electron chi connectivity index (χ2n) is 9.31. The minimum atomic E-state index is -0.975. The molecule has 2 aliphatic rings. The van der Waals surface area contributed by atoms with Crippen LogP contribution >= 0.6 is 22.7 Å². The summed E-state index contributed by atoms with van der Waals surface area (Å²) < 4.78 is 10.7. The Balaban J connectivity index is 0.000000159. The van der Waals surface area contributed by atoms with Gasteiger partial charge in [0.2, 0.25) is 5.01 Å². The van der Waals surface area contributed by atoms with Gasteiger partial charge in [0, 0.05) is 38.7 Å². The van der Waals surface area contributed by atoms with Crippen molar-refractivity contribution < 1.29 is 24.2 Å². The smallest absolute Gasteiger partial charge is 0.365 e. The molecule has 2 aromatic carbocycles. The van der Waals surface area contributed by atoms with Gasteiger partial charge in [-0.1, -0.05) is 60.7 Å². The summed E-state index contributed by atoms with van der Waals surface area (Å²) in [5.41, 5.74) is 7.39. The zero-order valence-electron chi connectivity index (χ0n) is 22.6. The van der Waals surface area contributed by atoms with E-state index in [1.54, 1.807) is 12.4 Å². The highest BCUT2D eigenvalue weighted by molar-refractivity contribution is 7.17. The van der Waals surface area contributed by atoms with Gasteiger partial charge in [-0.3, -0.25) is 4.79 Å². The Morgan fingerprint density at radius 1 is 0.829 bits per heavy atom. The van der Waals surface area contributed by atoms with Crippen molar-refractivity contribution in [2.45, 2.75) is 37.9 Å². The third-order valence-electron chi connectivity index (χ3n) is 6.31. The molecule has 2 saturated heterocycles. The third-order valence-corrected chi connectivity index (χ3v) is 8.39. The number of nitrogens with one attached hydrogen (secondary N) is 1. The molecule has 0 spiro atoms. The average Bonchev–Trinajstić information content (AvgIpc) is 3.85. The van der Waals surface area contributed by atoms with Gasteiger partial charge in [0.15, 0.2) is 5.01 Å². The molecule has 2 atom stereocenters. The van der Waals surface area contributed by atoms with E-state index in [0.717, 1.165) is 53.4 Å². The minimum absolute atomic E-state index is 0.118. The molecule has 4 aromatic rings. The molecule has 0 aliphatic carbocycles. The van der Waals surface area contributed by atoms with Crippen molar-refractivity contribution in [3.63, 3.8) is 0 Å².